The lowest BCUT2D eigenvalue weighted by atomic mass is 10.3. The van der Waals surface area contributed by atoms with Gasteiger partial charge >= 0.3 is 0 Å². The molecule has 1 atom stereocenters. The summed E-state index contributed by atoms with van der Waals surface area (Å²) < 4.78 is 1.88. The van der Waals surface area contributed by atoms with Crippen molar-refractivity contribution in [2.75, 3.05) is 13.1 Å². The van der Waals surface area contributed by atoms with Crippen LogP contribution in [0.3, 0.4) is 0 Å². The third kappa shape index (κ3) is 5.32. The largest absolute Gasteiger partial charge is 0.354 e. The van der Waals surface area contributed by atoms with E-state index in [0.29, 0.717) is 6.54 Å². The van der Waals surface area contributed by atoms with Gasteiger partial charge in [-0.25, -0.2) is 0 Å². The van der Waals surface area contributed by atoms with E-state index in [1.807, 2.05) is 37.0 Å². The normalized spacial score (nSPS) is 12.3. The number of nitrogens with zero attached hydrogens (tertiary/aromatic N) is 2. The topological polar surface area (TPSA) is 59.0 Å². The average Bonchev–Trinajstić information content (AvgIpc) is 3.10. The number of aryl methyl sites for hydroxylation is 1. The first-order chi connectivity index (χ1) is 10.1. The van der Waals surface area contributed by atoms with E-state index in [4.69, 9.17) is 0 Å². The van der Waals surface area contributed by atoms with Crippen LogP contribution in [0.1, 0.15) is 17.4 Å². The first-order valence-corrected chi connectivity index (χ1v) is 8.05. The molecule has 0 saturated carbocycles. The van der Waals surface area contributed by atoms with Crippen LogP contribution in [-0.2, 0) is 17.8 Å². The van der Waals surface area contributed by atoms with E-state index in [9.17, 15) is 4.79 Å². The highest BCUT2D eigenvalue weighted by molar-refractivity contribution is 7.09. The highest BCUT2D eigenvalue weighted by atomic mass is 32.1. The maximum Gasteiger partial charge on any atom is 0.236 e. The molecule has 0 spiro atoms. The molecule has 0 bridgehead atoms. The minimum absolute atomic E-state index is 0.0446. The van der Waals surface area contributed by atoms with Crippen LogP contribution in [0.5, 0.6) is 0 Å². The Labute approximate surface area is 129 Å². The standard InChI is InChI=1S/C15H22N4OS/c1-12-10-18-19(11-12)8-7-16-13(2)15(20)17-6-5-14-4-3-9-21-14/h3-4,9-11,13,16H,5-8H2,1-2H3,(H,17,20)/t13-/m0/s1. The molecule has 1 amide bonds. The summed E-state index contributed by atoms with van der Waals surface area (Å²) in [6.45, 7) is 6.07. The van der Waals surface area contributed by atoms with Crippen molar-refractivity contribution in [2.45, 2.75) is 32.9 Å². The van der Waals surface area contributed by atoms with E-state index in [0.717, 1.165) is 25.1 Å². The van der Waals surface area contributed by atoms with E-state index in [-0.39, 0.29) is 11.9 Å². The van der Waals surface area contributed by atoms with Crippen molar-refractivity contribution in [3.8, 4) is 0 Å². The molecule has 114 valence electrons. The summed E-state index contributed by atoms with van der Waals surface area (Å²) in [5.41, 5.74) is 1.15. The second-order valence-electron chi connectivity index (χ2n) is 5.08. The Hall–Kier alpha value is -1.66. The fraction of sp³-hybridized carbons (Fsp3) is 0.467. The number of thiophene rings is 1. The summed E-state index contributed by atoms with van der Waals surface area (Å²) in [6, 6.07) is 3.93. The van der Waals surface area contributed by atoms with E-state index < -0.39 is 0 Å². The van der Waals surface area contributed by atoms with Crippen LogP contribution in [0.4, 0.5) is 0 Å². The van der Waals surface area contributed by atoms with Gasteiger partial charge in [0.2, 0.25) is 5.91 Å². The number of hydrogen-bond donors (Lipinski definition) is 2. The summed E-state index contributed by atoms with van der Waals surface area (Å²) in [5, 5.41) is 12.4. The van der Waals surface area contributed by atoms with Crippen LogP contribution in [-0.4, -0.2) is 34.8 Å². The van der Waals surface area contributed by atoms with Gasteiger partial charge in [0.15, 0.2) is 0 Å². The van der Waals surface area contributed by atoms with Crippen LogP contribution >= 0.6 is 11.3 Å². The molecule has 2 aromatic heterocycles. The lowest BCUT2D eigenvalue weighted by molar-refractivity contribution is -0.122. The smallest absolute Gasteiger partial charge is 0.236 e. The first kappa shape index (κ1) is 15.7. The van der Waals surface area contributed by atoms with Crippen LogP contribution in [0, 0.1) is 6.92 Å². The monoisotopic (exact) mass is 306 g/mol. The maximum atomic E-state index is 11.9. The zero-order valence-corrected chi connectivity index (χ0v) is 13.3. The van der Waals surface area contributed by atoms with Crippen LogP contribution in [0.15, 0.2) is 29.9 Å². The third-order valence-electron chi connectivity index (χ3n) is 3.20. The summed E-state index contributed by atoms with van der Waals surface area (Å²) in [4.78, 5) is 13.2. The van der Waals surface area contributed by atoms with Gasteiger partial charge in [0.05, 0.1) is 18.8 Å². The lowest BCUT2D eigenvalue weighted by Crippen LogP contribution is -2.43. The van der Waals surface area contributed by atoms with Gasteiger partial charge in [-0.1, -0.05) is 6.07 Å². The molecule has 0 radical (unpaired) electrons. The third-order valence-corrected chi connectivity index (χ3v) is 4.13. The van der Waals surface area contributed by atoms with Crippen molar-refractivity contribution in [2.24, 2.45) is 0 Å². The molecular weight excluding hydrogens is 284 g/mol. The second kappa shape index (κ2) is 7.95. The number of nitrogens with one attached hydrogen (secondary N) is 2. The van der Waals surface area contributed by atoms with Crippen LogP contribution < -0.4 is 10.6 Å². The molecule has 21 heavy (non-hydrogen) atoms. The van der Waals surface area contributed by atoms with Gasteiger partial charge in [-0.05, 0) is 37.3 Å². The molecular formula is C15H22N4OS. The fourth-order valence-corrected chi connectivity index (χ4v) is 2.70. The predicted octanol–water partition coefficient (Wildman–Crippen LogP) is 1.59. The Kier molecular flexibility index (Phi) is 5.95. The summed E-state index contributed by atoms with van der Waals surface area (Å²) in [7, 11) is 0. The molecule has 0 aromatic carbocycles. The summed E-state index contributed by atoms with van der Waals surface area (Å²) >= 11 is 1.72. The Bertz CT molecular complexity index is 550. The minimum atomic E-state index is -0.190. The minimum Gasteiger partial charge on any atom is -0.354 e. The molecule has 6 heteroatoms. The Morgan fingerprint density at radius 3 is 3.00 bits per heavy atom. The van der Waals surface area contributed by atoms with Gasteiger partial charge in [-0.2, -0.15) is 5.10 Å². The van der Waals surface area contributed by atoms with E-state index in [2.05, 4.69) is 27.2 Å². The molecule has 0 aliphatic rings. The molecule has 0 saturated heterocycles. The number of carbonyl (C=O) groups is 1. The first-order valence-electron chi connectivity index (χ1n) is 7.17. The van der Waals surface area contributed by atoms with Gasteiger partial charge < -0.3 is 10.6 Å². The molecule has 0 unspecified atom stereocenters. The maximum absolute atomic E-state index is 11.9. The molecule has 0 fully saturated rings. The van der Waals surface area contributed by atoms with Crippen molar-refractivity contribution in [1.82, 2.24) is 20.4 Å². The molecule has 0 aliphatic carbocycles. The molecule has 2 rings (SSSR count). The number of hydrogen-bond acceptors (Lipinski definition) is 4. The van der Waals surface area contributed by atoms with Crippen molar-refractivity contribution in [3.63, 3.8) is 0 Å². The van der Waals surface area contributed by atoms with Crippen LogP contribution in [0.2, 0.25) is 0 Å². The predicted molar refractivity (Wildman–Crippen MR) is 85.5 cm³/mol. The fourth-order valence-electron chi connectivity index (χ4n) is 1.99. The van der Waals surface area contributed by atoms with Gasteiger partial charge in [0, 0.05) is 24.2 Å². The Balaban J connectivity index is 1.60. The number of amides is 1. The SMILES string of the molecule is Cc1cnn(CCN[C@@H](C)C(=O)NCCc2cccs2)c1. The van der Waals surface area contributed by atoms with E-state index in [1.165, 1.54) is 4.88 Å². The van der Waals surface area contributed by atoms with Gasteiger partial charge in [0.25, 0.3) is 0 Å². The molecule has 2 N–H and O–H groups in total. The van der Waals surface area contributed by atoms with Crippen molar-refractivity contribution >= 4 is 17.2 Å². The molecule has 2 heterocycles. The highest BCUT2D eigenvalue weighted by Crippen LogP contribution is 2.08. The number of carbonyl (C=O) groups excluding carboxylic acids is 1. The van der Waals surface area contributed by atoms with E-state index >= 15 is 0 Å². The Morgan fingerprint density at radius 1 is 1.48 bits per heavy atom. The van der Waals surface area contributed by atoms with Crippen molar-refractivity contribution in [1.29, 1.82) is 0 Å². The Morgan fingerprint density at radius 2 is 2.33 bits per heavy atom. The van der Waals surface area contributed by atoms with Crippen LogP contribution in [0.25, 0.3) is 0 Å². The average molecular weight is 306 g/mol. The van der Waals surface area contributed by atoms with Crippen molar-refractivity contribution < 1.29 is 4.79 Å². The van der Waals surface area contributed by atoms with Crippen molar-refractivity contribution in [3.05, 3.63) is 40.3 Å². The van der Waals surface area contributed by atoms with Gasteiger partial charge in [-0.15, -0.1) is 11.3 Å². The molecule has 2 aromatic rings. The zero-order valence-electron chi connectivity index (χ0n) is 12.5. The quantitative estimate of drug-likeness (QED) is 0.778. The highest BCUT2D eigenvalue weighted by Gasteiger charge is 2.11. The van der Waals surface area contributed by atoms with E-state index in [1.54, 1.807) is 11.3 Å². The number of rotatable bonds is 8. The summed E-state index contributed by atoms with van der Waals surface area (Å²) in [6.07, 6.45) is 4.72. The summed E-state index contributed by atoms with van der Waals surface area (Å²) in [5.74, 6) is 0.0446. The molecule has 0 aliphatic heterocycles. The van der Waals surface area contributed by atoms with Gasteiger partial charge in [0.1, 0.15) is 0 Å². The second-order valence-corrected chi connectivity index (χ2v) is 6.11. The lowest BCUT2D eigenvalue weighted by Gasteiger charge is -2.13. The zero-order chi connectivity index (χ0) is 15.1. The number of aromatic nitrogens is 2. The van der Waals surface area contributed by atoms with Gasteiger partial charge in [-0.3, -0.25) is 9.48 Å². The molecule has 5 nitrogen and oxygen atoms in total.